The first kappa shape index (κ1) is 13.0. The number of piperazine rings is 1. The molecular weight excluding hydrogens is 242 g/mol. The molecular formula is C13H23N5O. The van der Waals surface area contributed by atoms with Crippen LogP contribution < -0.4 is 5.32 Å². The molecule has 3 rings (SSSR count). The Morgan fingerprint density at radius 2 is 2.16 bits per heavy atom. The van der Waals surface area contributed by atoms with E-state index < -0.39 is 0 Å². The molecule has 106 valence electrons. The lowest BCUT2D eigenvalue weighted by atomic mass is 10.2. The summed E-state index contributed by atoms with van der Waals surface area (Å²) >= 11 is 0. The number of rotatable bonds is 4. The van der Waals surface area contributed by atoms with Crippen LogP contribution in [0, 0.1) is 0 Å². The van der Waals surface area contributed by atoms with Crippen molar-refractivity contribution in [2.45, 2.75) is 25.3 Å². The van der Waals surface area contributed by atoms with E-state index in [4.69, 9.17) is 4.52 Å². The van der Waals surface area contributed by atoms with Crippen molar-refractivity contribution in [1.82, 2.24) is 25.3 Å². The minimum atomic E-state index is 0.307. The maximum Gasteiger partial charge on any atom is 0.227 e. The minimum absolute atomic E-state index is 0.307. The quantitative estimate of drug-likeness (QED) is 0.844. The third-order valence-electron chi connectivity index (χ3n) is 4.09. The van der Waals surface area contributed by atoms with Crippen LogP contribution in [0.25, 0.3) is 0 Å². The highest BCUT2D eigenvalue weighted by atomic mass is 16.5. The van der Waals surface area contributed by atoms with Crippen LogP contribution in [-0.2, 0) is 6.42 Å². The van der Waals surface area contributed by atoms with Gasteiger partial charge in [0.25, 0.3) is 0 Å². The molecule has 1 aromatic heterocycles. The summed E-state index contributed by atoms with van der Waals surface area (Å²) in [5.74, 6) is 1.62. The van der Waals surface area contributed by atoms with Crippen molar-refractivity contribution >= 4 is 0 Å². The molecule has 2 saturated heterocycles. The number of hydrogen-bond acceptors (Lipinski definition) is 6. The monoisotopic (exact) mass is 265 g/mol. The summed E-state index contributed by atoms with van der Waals surface area (Å²) in [5, 5.41) is 7.49. The van der Waals surface area contributed by atoms with Gasteiger partial charge in [0, 0.05) is 39.1 Å². The molecule has 0 aliphatic carbocycles. The van der Waals surface area contributed by atoms with Gasteiger partial charge in [0.05, 0.1) is 6.04 Å². The second-order valence-corrected chi connectivity index (χ2v) is 5.59. The largest absolute Gasteiger partial charge is 0.339 e. The van der Waals surface area contributed by atoms with Gasteiger partial charge in [-0.2, -0.15) is 4.98 Å². The Bertz CT molecular complexity index is 393. The number of hydrogen-bond donors (Lipinski definition) is 1. The summed E-state index contributed by atoms with van der Waals surface area (Å²) in [6.45, 7) is 6.68. The van der Waals surface area contributed by atoms with Crippen molar-refractivity contribution < 1.29 is 4.52 Å². The zero-order chi connectivity index (χ0) is 13.1. The second-order valence-electron chi connectivity index (χ2n) is 5.59. The van der Waals surface area contributed by atoms with Gasteiger partial charge in [-0.3, -0.25) is 0 Å². The van der Waals surface area contributed by atoms with E-state index in [0.29, 0.717) is 6.04 Å². The van der Waals surface area contributed by atoms with E-state index in [0.717, 1.165) is 63.8 Å². The summed E-state index contributed by atoms with van der Waals surface area (Å²) in [6.07, 6.45) is 3.19. The fourth-order valence-electron chi connectivity index (χ4n) is 2.74. The van der Waals surface area contributed by atoms with E-state index in [1.807, 2.05) is 0 Å². The summed E-state index contributed by atoms with van der Waals surface area (Å²) in [6, 6.07) is 0.307. The first-order valence-electron chi connectivity index (χ1n) is 7.28. The third-order valence-corrected chi connectivity index (χ3v) is 4.09. The normalized spacial score (nSPS) is 26.1. The molecule has 19 heavy (non-hydrogen) atoms. The zero-order valence-electron chi connectivity index (χ0n) is 11.6. The van der Waals surface area contributed by atoms with E-state index in [1.165, 1.54) is 6.42 Å². The molecule has 6 nitrogen and oxygen atoms in total. The average molecular weight is 265 g/mol. The van der Waals surface area contributed by atoms with Crippen LogP contribution in [-0.4, -0.2) is 66.3 Å². The lowest BCUT2D eigenvalue weighted by Crippen LogP contribution is -2.45. The zero-order valence-corrected chi connectivity index (χ0v) is 11.6. The van der Waals surface area contributed by atoms with Gasteiger partial charge in [0.2, 0.25) is 5.89 Å². The van der Waals surface area contributed by atoms with E-state index in [1.54, 1.807) is 0 Å². The molecule has 0 aromatic carbocycles. The third kappa shape index (κ3) is 3.32. The van der Waals surface area contributed by atoms with Crippen molar-refractivity contribution in [3.63, 3.8) is 0 Å². The number of nitrogens with zero attached hydrogens (tertiary/aromatic N) is 4. The number of likely N-dealkylation sites (N-methyl/N-ethyl adjacent to an activating group) is 1. The minimum Gasteiger partial charge on any atom is -0.339 e. The standard InChI is InChI=1S/C13H23N5O/c1-17-7-9-18(10-8-17)6-4-12-15-13(16-19-12)11-3-2-5-14-11/h11,14H,2-10H2,1H3. The molecule has 0 bridgehead atoms. The van der Waals surface area contributed by atoms with Crippen LogP contribution in [0.3, 0.4) is 0 Å². The predicted octanol–water partition coefficient (Wildman–Crippen LogP) is 0.284. The Labute approximate surface area is 114 Å². The summed E-state index contributed by atoms with van der Waals surface area (Å²) in [5.41, 5.74) is 0. The Kier molecular flexibility index (Phi) is 4.10. The van der Waals surface area contributed by atoms with Crippen LogP contribution in [0.5, 0.6) is 0 Å². The molecule has 3 heterocycles. The van der Waals surface area contributed by atoms with Crippen LogP contribution >= 0.6 is 0 Å². The molecule has 1 aromatic rings. The molecule has 0 radical (unpaired) electrons. The number of nitrogens with one attached hydrogen (secondary N) is 1. The maximum atomic E-state index is 5.35. The van der Waals surface area contributed by atoms with Gasteiger partial charge in [0.1, 0.15) is 0 Å². The Balaban J connectivity index is 1.47. The van der Waals surface area contributed by atoms with Crippen molar-refractivity contribution in [2.24, 2.45) is 0 Å². The second kappa shape index (κ2) is 5.98. The van der Waals surface area contributed by atoms with Crippen molar-refractivity contribution in [1.29, 1.82) is 0 Å². The van der Waals surface area contributed by atoms with Gasteiger partial charge >= 0.3 is 0 Å². The predicted molar refractivity (Wildman–Crippen MR) is 71.9 cm³/mol. The van der Waals surface area contributed by atoms with Crippen molar-refractivity contribution in [2.75, 3.05) is 46.3 Å². The van der Waals surface area contributed by atoms with E-state index >= 15 is 0 Å². The molecule has 2 aliphatic rings. The van der Waals surface area contributed by atoms with Gasteiger partial charge in [-0.05, 0) is 26.4 Å². The van der Waals surface area contributed by atoms with Gasteiger partial charge < -0.3 is 19.6 Å². The molecule has 0 saturated carbocycles. The molecule has 2 aliphatic heterocycles. The molecule has 1 N–H and O–H groups in total. The first-order chi connectivity index (χ1) is 9.31. The van der Waals surface area contributed by atoms with E-state index in [-0.39, 0.29) is 0 Å². The maximum absolute atomic E-state index is 5.35. The van der Waals surface area contributed by atoms with Gasteiger partial charge in [-0.1, -0.05) is 5.16 Å². The van der Waals surface area contributed by atoms with Crippen LogP contribution in [0.1, 0.15) is 30.6 Å². The highest BCUT2D eigenvalue weighted by Gasteiger charge is 2.22. The molecule has 2 fully saturated rings. The van der Waals surface area contributed by atoms with Crippen LogP contribution in [0.4, 0.5) is 0 Å². The molecule has 1 unspecified atom stereocenters. The van der Waals surface area contributed by atoms with Crippen LogP contribution in [0.2, 0.25) is 0 Å². The Hall–Kier alpha value is -0.980. The van der Waals surface area contributed by atoms with Crippen molar-refractivity contribution in [3.8, 4) is 0 Å². The number of aromatic nitrogens is 2. The smallest absolute Gasteiger partial charge is 0.227 e. The van der Waals surface area contributed by atoms with E-state index in [9.17, 15) is 0 Å². The van der Waals surface area contributed by atoms with Crippen molar-refractivity contribution in [3.05, 3.63) is 11.7 Å². The summed E-state index contributed by atoms with van der Waals surface area (Å²) in [4.78, 5) is 9.35. The van der Waals surface area contributed by atoms with Gasteiger partial charge in [-0.15, -0.1) is 0 Å². The molecule has 6 heteroatoms. The topological polar surface area (TPSA) is 57.4 Å². The molecule has 1 atom stereocenters. The first-order valence-corrected chi connectivity index (χ1v) is 7.28. The fourth-order valence-corrected chi connectivity index (χ4v) is 2.74. The van der Waals surface area contributed by atoms with E-state index in [2.05, 4.69) is 32.3 Å². The highest BCUT2D eigenvalue weighted by molar-refractivity contribution is 4.97. The lowest BCUT2D eigenvalue weighted by molar-refractivity contribution is 0.152. The Morgan fingerprint density at radius 1 is 1.32 bits per heavy atom. The molecule has 0 spiro atoms. The molecule has 0 amide bonds. The Morgan fingerprint density at radius 3 is 2.89 bits per heavy atom. The SMILES string of the molecule is CN1CCN(CCc2nc(C3CCCN3)no2)CC1. The summed E-state index contributed by atoms with van der Waals surface area (Å²) in [7, 11) is 2.18. The lowest BCUT2D eigenvalue weighted by Gasteiger charge is -2.31. The summed E-state index contributed by atoms with van der Waals surface area (Å²) < 4.78 is 5.35. The van der Waals surface area contributed by atoms with Gasteiger partial charge in [0.15, 0.2) is 5.82 Å². The van der Waals surface area contributed by atoms with Crippen LogP contribution in [0.15, 0.2) is 4.52 Å². The van der Waals surface area contributed by atoms with Gasteiger partial charge in [-0.25, -0.2) is 0 Å². The average Bonchev–Trinajstić information content (AvgIpc) is 3.09. The fraction of sp³-hybridized carbons (Fsp3) is 0.846. The highest BCUT2D eigenvalue weighted by Crippen LogP contribution is 2.20.